The Morgan fingerprint density at radius 2 is 1.62 bits per heavy atom. The van der Waals surface area contributed by atoms with Gasteiger partial charge in [-0.25, -0.2) is 9.48 Å². The molecule has 0 saturated carbocycles. The molecule has 0 unspecified atom stereocenters. The summed E-state index contributed by atoms with van der Waals surface area (Å²) in [6, 6.07) is 19.8. The average Bonchev–Trinajstić information content (AvgIpc) is 3.38. The van der Waals surface area contributed by atoms with Crippen LogP contribution < -0.4 is 15.7 Å². The minimum absolute atomic E-state index is 0.0140. The van der Waals surface area contributed by atoms with Crippen molar-refractivity contribution in [1.29, 1.82) is 5.26 Å². The fraction of sp³-hybridized carbons (Fsp3) is 0.531. The third kappa shape index (κ3) is 8.92. The second kappa shape index (κ2) is 15.5. The van der Waals surface area contributed by atoms with Crippen LogP contribution in [0, 0.1) is 17.2 Å². The Kier molecular flexibility index (Phi) is 11.0. The van der Waals surface area contributed by atoms with Gasteiger partial charge < -0.3 is 15.0 Å². The van der Waals surface area contributed by atoms with E-state index in [0.717, 1.165) is 103 Å². The van der Waals surface area contributed by atoms with Crippen LogP contribution in [0.4, 0.5) is 5.69 Å². The van der Waals surface area contributed by atoms with E-state index in [1.165, 1.54) is 0 Å². The summed E-state index contributed by atoms with van der Waals surface area (Å²) in [5.74, 6) is 1.43. The van der Waals surface area contributed by atoms with E-state index in [4.69, 9.17) is 10.00 Å². The van der Waals surface area contributed by atoms with E-state index in [1.807, 2.05) is 54.6 Å². The molecule has 1 N–H and O–H groups in total. The van der Waals surface area contributed by atoms with Crippen LogP contribution in [0.15, 0.2) is 65.7 Å². The van der Waals surface area contributed by atoms with Crippen molar-refractivity contribution in [2.45, 2.75) is 32.4 Å². The third-order valence-electron chi connectivity index (χ3n) is 8.44. The van der Waals surface area contributed by atoms with E-state index in [1.54, 1.807) is 15.6 Å². The van der Waals surface area contributed by atoms with Gasteiger partial charge in [0.1, 0.15) is 18.7 Å². The first-order valence-corrected chi connectivity index (χ1v) is 15.4. The monoisotopic (exact) mass is 572 g/mol. The molecule has 1 aromatic heterocycles. The van der Waals surface area contributed by atoms with Crippen LogP contribution in [-0.2, 0) is 13.1 Å². The molecule has 0 atom stereocenters. The van der Waals surface area contributed by atoms with Crippen molar-refractivity contribution in [1.82, 2.24) is 29.0 Å². The summed E-state index contributed by atoms with van der Waals surface area (Å²) in [4.78, 5) is 20.4. The quantitative estimate of drug-likeness (QED) is 0.295. The lowest BCUT2D eigenvalue weighted by molar-refractivity contribution is 0.127. The lowest BCUT2D eigenvalue weighted by Crippen LogP contribution is -2.48. The van der Waals surface area contributed by atoms with Gasteiger partial charge in [-0.15, -0.1) is 0 Å². The smallest absolute Gasteiger partial charge is 0.345 e. The standard InChI is InChI=1S/C32H44N8O2/c33-25-29-6-4-7-30(24-29)34-12-5-13-36-16-18-38(19-17-36)20-21-40-32(41)39(27-35-40)26-28-10-14-37(15-11-28)22-23-42-31-8-2-1-3-9-31/h1-4,6-9,24,27-28,34H,5,10-23,26H2. The molecular formula is C32H44N8O2. The highest BCUT2D eigenvalue weighted by Crippen LogP contribution is 2.18. The Morgan fingerprint density at radius 1 is 0.881 bits per heavy atom. The molecule has 2 aliphatic rings. The molecule has 3 aromatic rings. The van der Waals surface area contributed by atoms with E-state index >= 15 is 0 Å². The number of para-hydroxylation sites is 1. The number of piperazine rings is 1. The topological polar surface area (TPSA) is 94.6 Å². The zero-order valence-electron chi connectivity index (χ0n) is 24.6. The molecular weight excluding hydrogens is 528 g/mol. The Hall–Kier alpha value is -3.65. The summed E-state index contributed by atoms with van der Waals surface area (Å²) in [6.07, 6.45) is 4.98. The third-order valence-corrected chi connectivity index (χ3v) is 8.44. The molecule has 224 valence electrons. The van der Waals surface area contributed by atoms with Crippen LogP contribution in [0.2, 0.25) is 0 Å². The average molecular weight is 573 g/mol. The number of benzene rings is 2. The second-order valence-corrected chi connectivity index (χ2v) is 11.4. The van der Waals surface area contributed by atoms with Crippen LogP contribution in [-0.4, -0.2) is 101 Å². The van der Waals surface area contributed by atoms with Gasteiger partial charge in [-0.1, -0.05) is 24.3 Å². The zero-order valence-corrected chi connectivity index (χ0v) is 24.6. The molecule has 3 heterocycles. The van der Waals surface area contributed by atoms with Gasteiger partial charge in [-0.2, -0.15) is 10.4 Å². The molecule has 0 spiro atoms. The summed E-state index contributed by atoms with van der Waals surface area (Å²) >= 11 is 0. The zero-order chi connectivity index (χ0) is 29.0. The number of aromatic nitrogens is 3. The van der Waals surface area contributed by atoms with Gasteiger partial charge in [0.2, 0.25) is 0 Å². The Labute approximate surface area is 249 Å². The van der Waals surface area contributed by atoms with Crippen LogP contribution in [0.1, 0.15) is 24.8 Å². The van der Waals surface area contributed by atoms with E-state index in [9.17, 15) is 4.79 Å². The van der Waals surface area contributed by atoms with Gasteiger partial charge in [-0.3, -0.25) is 14.4 Å². The van der Waals surface area contributed by atoms with Crippen LogP contribution in [0.3, 0.4) is 0 Å². The van der Waals surface area contributed by atoms with E-state index in [2.05, 4.69) is 31.2 Å². The first-order chi connectivity index (χ1) is 20.7. The SMILES string of the molecule is N#Cc1cccc(NCCCN2CCN(CCn3ncn(CC4CCN(CCOc5ccccc5)CC4)c3=O)CC2)c1. The van der Waals surface area contributed by atoms with Crippen LogP contribution in [0.5, 0.6) is 5.75 Å². The predicted molar refractivity (Wildman–Crippen MR) is 165 cm³/mol. The predicted octanol–water partition coefficient (Wildman–Crippen LogP) is 2.83. The van der Waals surface area contributed by atoms with Gasteiger partial charge in [0.05, 0.1) is 18.2 Å². The molecule has 0 radical (unpaired) electrons. The maximum atomic E-state index is 13.0. The largest absolute Gasteiger partial charge is 0.492 e. The maximum Gasteiger partial charge on any atom is 0.345 e. The summed E-state index contributed by atoms with van der Waals surface area (Å²) in [5, 5.41) is 16.9. The number of rotatable bonds is 14. The number of nitrogens with one attached hydrogen (secondary N) is 1. The number of hydrogen-bond donors (Lipinski definition) is 1. The van der Waals surface area contributed by atoms with Crippen molar-refractivity contribution in [3.05, 3.63) is 77.0 Å². The van der Waals surface area contributed by atoms with Crippen molar-refractivity contribution >= 4 is 5.69 Å². The Balaban J connectivity index is 0.940. The highest BCUT2D eigenvalue weighted by molar-refractivity contribution is 5.48. The van der Waals surface area contributed by atoms with E-state index in [0.29, 0.717) is 24.6 Å². The summed E-state index contributed by atoms with van der Waals surface area (Å²) in [6.45, 7) is 12.0. The Bertz CT molecular complexity index is 1320. The van der Waals surface area contributed by atoms with Crippen molar-refractivity contribution in [2.75, 3.05) is 77.4 Å². The molecule has 5 rings (SSSR count). The summed E-state index contributed by atoms with van der Waals surface area (Å²) < 4.78 is 9.29. The van der Waals surface area contributed by atoms with Crippen LogP contribution >= 0.6 is 0 Å². The number of anilines is 1. The summed E-state index contributed by atoms with van der Waals surface area (Å²) in [5.41, 5.74) is 1.70. The lowest BCUT2D eigenvalue weighted by Gasteiger charge is -2.34. The highest BCUT2D eigenvalue weighted by atomic mass is 16.5. The van der Waals surface area contributed by atoms with Gasteiger partial charge in [0.15, 0.2) is 0 Å². The lowest BCUT2D eigenvalue weighted by atomic mass is 9.97. The molecule has 10 nitrogen and oxygen atoms in total. The molecule has 42 heavy (non-hydrogen) atoms. The number of nitriles is 1. The number of ether oxygens (including phenoxy) is 1. The minimum Gasteiger partial charge on any atom is -0.492 e. The number of hydrogen-bond acceptors (Lipinski definition) is 8. The molecule has 0 amide bonds. The van der Waals surface area contributed by atoms with Crippen LogP contribution in [0.25, 0.3) is 0 Å². The molecule has 2 aromatic carbocycles. The molecule has 0 aliphatic carbocycles. The van der Waals surface area contributed by atoms with Crippen molar-refractivity contribution in [3.63, 3.8) is 0 Å². The van der Waals surface area contributed by atoms with E-state index in [-0.39, 0.29) is 5.69 Å². The molecule has 0 bridgehead atoms. The highest BCUT2D eigenvalue weighted by Gasteiger charge is 2.21. The first-order valence-electron chi connectivity index (χ1n) is 15.4. The minimum atomic E-state index is 0.0140. The second-order valence-electron chi connectivity index (χ2n) is 11.4. The fourth-order valence-electron chi connectivity index (χ4n) is 5.84. The van der Waals surface area contributed by atoms with Crippen molar-refractivity contribution in [2.24, 2.45) is 5.92 Å². The number of nitrogens with zero attached hydrogens (tertiary/aromatic N) is 7. The number of likely N-dealkylation sites (tertiary alicyclic amines) is 1. The first kappa shape index (κ1) is 29.8. The molecule has 2 aliphatic heterocycles. The molecule has 2 saturated heterocycles. The van der Waals surface area contributed by atoms with Crippen molar-refractivity contribution < 1.29 is 4.74 Å². The van der Waals surface area contributed by atoms with Gasteiger partial charge >= 0.3 is 5.69 Å². The molecule has 10 heteroatoms. The van der Waals surface area contributed by atoms with E-state index < -0.39 is 0 Å². The fourth-order valence-corrected chi connectivity index (χ4v) is 5.84. The summed E-state index contributed by atoms with van der Waals surface area (Å²) in [7, 11) is 0. The van der Waals surface area contributed by atoms with Gasteiger partial charge in [-0.05, 0) is 75.1 Å². The van der Waals surface area contributed by atoms with Crippen molar-refractivity contribution in [3.8, 4) is 11.8 Å². The normalized spacial score (nSPS) is 17.2. The molecule has 2 fully saturated rings. The van der Waals surface area contributed by atoms with Gasteiger partial charge in [0.25, 0.3) is 0 Å². The van der Waals surface area contributed by atoms with Gasteiger partial charge in [0, 0.05) is 58.0 Å². The Morgan fingerprint density at radius 3 is 2.38 bits per heavy atom. The maximum absolute atomic E-state index is 13.0. The number of piperidine rings is 1.